The van der Waals surface area contributed by atoms with Crippen LogP contribution in [0, 0.1) is 10.1 Å². The zero-order valence-electron chi connectivity index (χ0n) is 23.9. The van der Waals surface area contributed by atoms with Gasteiger partial charge in [-0.3, -0.25) is 24.0 Å². The first-order valence-electron chi connectivity index (χ1n) is 14.1. The summed E-state index contributed by atoms with van der Waals surface area (Å²) in [6.07, 6.45) is 5.96. The third-order valence-electron chi connectivity index (χ3n) is 7.50. The number of nitrogens with zero attached hydrogens (tertiary/aromatic N) is 3. The van der Waals surface area contributed by atoms with Crippen LogP contribution in [0.2, 0.25) is 5.02 Å². The Kier molecular flexibility index (Phi) is 10.8. The van der Waals surface area contributed by atoms with E-state index in [4.69, 9.17) is 11.6 Å². The summed E-state index contributed by atoms with van der Waals surface area (Å²) in [5, 5.41) is 15.0. The zero-order valence-corrected chi connectivity index (χ0v) is 25.5. The van der Waals surface area contributed by atoms with E-state index in [1.54, 1.807) is 24.3 Å². The van der Waals surface area contributed by atoms with Crippen molar-refractivity contribution >= 4 is 44.8 Å². The lowest BCUT2D eigenvalue weighted by molar-refractivity contribution is -0.384. The van der Waals surface area contributed by atoms with Gasteiger partial charge in [0, 0.05) is 36.2 Å². The summed E-state index contributed by atoms with van der Waals surface area (Å²) in [7, 11) is -4.05. The predicted molar refractivity (Wildman–Crippen MR) is 166 cm³/mol. The van der Waals surface area contributed by atoms with Gasteiger partial charge in [-0.15, -0.1) is 0 Å². The number of nitro benzene ring substituents is 1. The van der Waals surface area contributed by atoms with E-state index in [1.165, 1.54) is 23.1 Å². The Bertz CT molecular complexity index is 1530. The number of hydrogen-bond acceptors (Lipinski definition) is 6. The van der Waals surface area contributed by atoms with Crippen molar-refractivity contribution in [3.63, 3.8) is 0 Å². The standard InChI is InChI=1S/C31H35ClN4O6S/c1-43(41,42)35(27-13-8-14-28(20-27)36(39)40)22-30(37)34(21-24-15-17-25(32)18-16-24)29(19-23-9-4-2-5-10-23)31(38)33-26-11-6-3-7-12-26/h2,4-5,8-10,13-18,20,26,29H,3,6-7,11-12,19,21-22H2,1H3,(H,33,38)/t29-/m1/s1. The number of carbonyl (C=O) groups excluding carboxylic acids is 2. The molecule has 4 rings (SSSR count). The Morgan fingerprint density at radius 3 is 2.28 bits per heavy atom. The quantitative estimate of drug-likeness (QED) is 0.220. The average Bonchev–Trinajstić information content (AvgIpc) is 2.99. The molecule has 0 saturated heterocycles. The van der Waals surface area contributed by atoms with Crippen molar-refractivity contribution in [3.8, 4) is 0 Å². The average molecular weight is 627 g/mol. The Morgan fingerprint density at radius 2 is 1.65 bits per heavy atom. The van der Waals surface area contributed by atoms with E-state index in [-0.39, 0.29) is 36.3 Å². The zero-order chi connectivity index (χ0) is 31.0. The van der Waals surface area contributed by atoms with E-state index in [0.29, 0.717) is 10.6 Å². The van der Waals surface area contributed by atoms with Crippen molar-refractivity contribution < 1.29 is 22.9 Å². The number of nitro groups is 1. The largest absolute Gasteiger partial charge is 0.352 e. The van der Waals surface area contributed by atoms with E-state index in [2.05, 4.69) is 5.32 Å². The molecule has 0 bridgehead atoms. The highest BCUT2D eigenvalue weighted by Gasteiger charge is 2.34. The molecule has 12 heteroatoms. The molecule has 1 saturated carbocycles. The molecule has 0 unspecified atom stereocenters. The summed E-state index contributed by atoms with van der Waals surface area (Å²) in [5.74, 6) is -0.953. The van der Waals surface area contributed by atoms with Crippen LogP contribution in [0.5, 0.6) is 0 Å². The van der Waals surface area contributed by atoms with E-state index < -0.39 is 33.4 Å². The van der Waals surface area contributed by atoms with E-state index in [0.717, 1.165) is 54.3 Å². The maximum atomic E-state index is 14.2. The molecule has 1 fully saturated rings. The minimum absolute atomic E-state index is 0.00982. The van der Waals surface area contributed by atoms with Crippen molar-refractivity contribution in [1.29, 1.82) is 0 Å². The number of sulfonamides is 1. The molecular formula is C31H35ClN4O6S. The smallest absolute Gasteiger partial charge is 0.271 e. The minimum Gasteiger partial charge on any atom is -0.352 e. The number of nitrogens with one attached hydrogen (secondary N) is 1. The second-order valence-electron chi connectivity index (χ2n) is 10.7. The van der Waals surface area contributed by atoms with Crippen LogP contribution < -0.4 is 9.62 Å². The molecule has 43 heavy (non-hydrogen) atoms. The molecule has 0 heterocycles. The van der Waals surface area contributed by atoms with Crippen LogP contribution in [-0.2, 0) is 32.6 Å². The summed E-state index contributed by atoms with van der Waals surface area (Å²) in [6, 6.07) is 20.3. The van der Waals surface area contributed by atoms with Crippen molar-refractivity contribution in [1.82, 2.24) is 10.2 Å². The molecule has 3 aromatic carbocycles. The van der Waals surface area contributed by atoms with Gasteiger partial charge < -0.3 is 10.2 Å². The summed E-state index contributed by atoms with van der Waals surface area (Å²) in [4.78, 5) is 40.3. The molecule has 10 nitrogen and oxygen atoms in total. The van der Waals surface area contributed by atoms with Gasteiger partial charge in [-0.2, -0.15) is 0 Å². The second-order valence-corrected chi connectivity index (χ2v) is 13.1. The molecule has 0 radical (unpaired) electrons. The molecular weight excluding hydrogens is 592 g/mol. The first-order valence-corrected chi connectivity index (χ1v) is 16.3. The Labute approximate surface area is 256 Å². The van der Waals surface area contributed by atoms with Crippen LogP contribution in [0.3, 0.4) is 0 Å². The molecule has 228 valence electrons. The number of rotatable bonds is 12. The van der Waals surface area contributed by atoms with Crippen molar-refractivity contribution in [3.05, 3.63) is 105 Å². The van der Waals surface area contributed by atoms with Gasteiger partial charge in [0.25, 0.3) is 5.69 Å². The van der Waals surface area contributed by atoms with Gasteiger partial charge in [0.2, 0.25) is 21.8 Å². The van der Waals surface area contributed by atoms with Crippen molar-refractivity contribution in [2.45, 2.75) is 57.2 Å². The first kappa shape index (κ1) is 32.0. The van der Waals surface area contributed by atoms with Crippen LogP contribution in [0.4, 0.5) is 11.4 Å². The van der Waals surface area contributed by atoms with Crippen LogP contribution >= 0.6 is 11.6 Å². The van der Waals surface area contributed by atoms with Gasteiger partial charge in [0.05, 0.1) is 16.9 Å². The molecule has 3 aromatic rings. The number of benzene rings is 3. The summed E-state index contributed by atoms with van der Waals surface area (Å²) in [5.41, 5.74) is 1.19. The minimum atomic E-state index is -4.05. The maximum Gasteiger partial charge on any atom is 0.271 e. The summed E-state index contributed by atoms with van der Waals surface area (Å²) >= 11 is 6.10. The monoisotopic (exact) mass is 626 g/mol. The van der Waals surface area contributed by atoms with Crippen LogP contribution in [0.15, 0.2) is 78.9 Å². The topological polar surface area (TPSA) is 130 Å². The van der Waals surface area contributed by atoms with Crippen LogP contribution in [0.25, 0.3) is 0 Å². The fraction of sp³-hybridized carbons (Fsp3) is 0.355. The fourth-order valence-corrected chi connectivity index (χ4v) is 6.23. The SMILES string of the molecule is CS(=O)(=O)N(CC(=O)N(Cc1ccc(Cl)cc1)[C@H](Cc1ccccc1)C(=O)NC1CCCCC1)c1cccc([N+](=O)[O-])c1. The number of non-ortho nitro benzene ring substituents is 1. The fourth-order valence-electron chi connectivity index (χ4n) is 5.26. The summed E-state index contributed by atoms with van der Waals surface area (Å²) in [6.45, 7) is -0.645. The molecule has 2 amide bonds. The number of halogens is 1. The van der Waals surface area contributed by atoms with Gasteiger partial charge in [0.15, 0.2) is 0 Å². The first-order chi connectivity index (χ1) is 20.5. The Balaban J connectivity index is 1.73. The number of carbonyl (C=O) groups is 2. The third-order valence-corrected chi connectivity index (χ3v) is 8.89. The molecule has 1 aliphatic carbocycles. The van der Waals surface area contributed by atoms with Gasteiger partial charge in [0.1, 0.15) is 12.6 Å². The van der Waals surface area contributed by atoms with Gasteiger partial charge in [-0.1, -0.05) is 79.4 Å². The number of hydrogen-bond donors (Lipinski definition) is 1. The Hall–Kier alpha value is -3.96. The number of amides is 2. The van der Waals surface area contributed by atoms with Crippen molar-refractivity contribution in [2.24, 2.45) is 0 Å². The van der Waals surface area contributed by atoms with E-state index >= 15 is 0 Å². The van der Waals surface area contributed by atoms with E-state index in [1.807, 2.05) is 30.3 Å². The lowest BCUT2D eigenvalue weighted by atomic mass is 9.94. The van der Waals surface area contributed by atoms with Gasteiger partial charge in [-0.25, -0.2) is 8.42 Å². The molecule has 0 spiro atoms. The molecule has 1 N–H and O–H groups in total. The highest BCUT2D eigenvalue weighted by atomic mass is 35.5. The maximum absolute atomic E-state index is 14.2. The summed E-state index contributed by atoms with van der Waals surface area (Å²) < 4.78 is 26.7. The van der Waals surface area contributed by atoms with Crippen molar-refractivity contribution in [2.75, 3.05) is 17.1 Å². The highest BCUT2D eigenvalue weighted by molar-refractivity contribution is 7.92. The highest BCUT2D eigenvalue weighted by Crippen LogP contribution is 2.25. The molecule has 0 aliphatic heterocycles. The third kappa shape index (κ3) is 9.01. The molecule has 1 aliphatic rings. The lowest BCUT2D eigenvalue weighted by Gasteiger charge is -2.35. The normalized spacial score (nSPS) is 14.5. The molecule has 0 aromatic heterocycles. The van der Waals surface area contributed by atoms with Gasteiger partial charge >= 0.3 is 0 Å². The Morgan fingerprint density at radius 1 is 0.977 bits per heavy atom. The second kappa shape index (κ2) is 14.5. The lowest BCUT2D eigenvalue weighted by Crippen LogP contribution is -2.55. The number of anilines is 1. The molecule has 1 atom stereocenters. The van der Waals surface area contributed by atoms with Gasteiger partial charge in [-0.05, 0) is 42.2 Å². The van der Waals surface area contributed by atoms with Crippen LogP contribution in [-0.4, -0.2) is 54.9 Å². The van der Waals surface area contributed by atoms with E-state index in [9.17, 15) is 28.1 Å². The van der Waals surface area contributed by atoms with Crippen LogP contribution in [0.1, 0.15) is 43.2 Å². The predicted octanol–water partition coefficient (Wildman–Crippen LogP) is 5.10.